The predicted octanol–water partition coefficient (Wildman–Crippen LogP) is 4.88. The molecule has 0 spiro atoms. The van der Waals surface area contributed by atoms with Gasteiger partial charge in [0.15, 0.2) is 0 Å². The molecule has 0 fully saturated rings. The van der Waals surface area contributed by atoms with E-state index in [-0.39, 0.29) is 0 Å². The molecule has 0 heterocycles. The van der Waals surface area contributed by atoms with Crippen LogP contribution in [0.4, 0.5) is 0 Å². The van der Waals surface area contributed by atoms with Gasteiger partial charge in [0.2, 0.25) is 0 Å². The highest BCUT2D eigenvalue weighted by atomic mass is 14.6. The molecule has 0 N–H and O–H groups in total. The van der Waals surface area contributed by atoms with Gasteiger partial charge in [0.25, 0.3) is 0 Å². The molecule has 0 aromatic heterocycles. The first-order valence-electron chi connectivity index (χ1n) is 6.92. The van der Waals surface area contributed by atoms with Crippen molar-refractivity contribution in [3.05, 3.63) is 48.1 Å². The van der Waals surface area contributed by atoms with Gasteiger partial charge in [0.05, 0.1) is 0 Å². The van der Waals surface area contributed by atoms with E-state index in [2.05, 4.69) is 48.9 Å². The molecule has 0 aromatic rings. The van der Waals surface area contributed by atoms with Gasteiger partial charge < -0.3 is 0 Å². The summed E-state index contributed by atoms with van der Waals surface area (Å²) in [6, 6.07) is 0. The van der Waals surface area contributed by atoms with E-state index in [1.165, 1.54) is 30.4 Å². The Balaban J connectivity index is 2.75. The Morgan fingerprint density at radius 2 is 2.33 bits per heavy atom. The van der Waals surface area contributed by atoms with Crippen LogP contribution in [-0.4, -0.2) is 13.3 Å². The third kappa shape index (κ3) is 5.31. The van der Waals surface area contributed by atoms with Crippen molar-refractivity contribution in [1.82, 2.24) is 0 Å². The van der Waals surface area contributed by atoms with E-state index >= 15 is 0 Å². The van der Waals surface area contributed by atoms with Crippen molar-refractivity contribution >= 4 is 6.21 Å². The van der Waals surface area contributed by atoms with Gasteiger partial charge in [-0.15, -0.1) is 6.58 Å². The smallest absolute Gasteiger partial charge is 0.0277 e. The van der Waals surface area contributed by atoms with Gasteiger partial charge in [-0.1, -0.05) is 43.7 Å². The normalized spacial score (nSPS) is 17.9. The Morgan fingerprint density at radius 1 is 1.50 bits per heavy atom. The Morgan fingerprint density at radius 3 is 2.89 bits per heavy atom. The maximum absolute atomic E-state index is 4.17. The van der Waals surface area contributed by atoms with E-state index in [4.69, 9.17) is 0 Å². The van der Waals surface area contributed by atoms with Crippen LogP contribution < -0.4 is 0 Å². The van der Waals surface area contributed by atoms with E-state index in [0.29, 0.717) is 5.92 Å². The average molecular weight is 243 g/mol. The van der Waals surface area contributed by atoms with Crippen molar-refractivity contribution in [1.29, 1.82) is 0 Å². The highest BCUT2D eigenvalue weighted by Crippen LogP contribution is 2.20. The number of hydrogen-bond acceptors (Lipinski definition) is 1. The monoisotopic (exact) mass is 243 g/mol. The molecule has 0 saturated carbocycles. The highest BCUT2D eigenvalue weighted by Gasteiger charge is 2.06. The number of hydrogen-bond donors (Lipinski definition) is 0. The Labute approximate surface area is 112 Å². The fourth-order valence-electron chi connectivity index (χ4n) is 2.25. The largest absolute Gasteiger partial charge is 0.296 e. The molecule has 98 valence electrons. The molecule has 0 amide bonds. The lowest BCUT2D eigenvalue weighted by atomic mass is 9.93. The molecular formula is C17H25N. The molecule has 1 nitrogen and oxygen atoms in total. The molecule has 0 saturated heterocycles. The molecule has 0 radical (unpaired) electrons. The third-order valence-corrected chi connectivity index (χ3v) is 3.16. The lowest BCUT2D eigenvalue weighted by molar-refractivity contribution is 0.584. The standard InChI is InChI=1S/C17H25N/c1-4-9-15(5-2)12-17(14-18-3)13-16-10-7-6-8-11-16/h5,7,10-11,13-15H,2,4,6,8-9,12H2,1,3H3/b17-13-,18-14?. The van der Waals surface area contributed by atoms with Gasteiger partial charge in [-0.25, -0.2) is 0 Å². The van der Waals surface area contributed by atoms with Crippen molar-refractivity contribution in [3.8, 4) is 0 Å². The van der Waals surface area contributed by atoms with Gasteiger partial charge in [-0.3, -0.25) is 4.99 Å². The summed E-state index contributed by atoms with van der Waals surface area (Å²) >= 11 is 0. The minimum atomic E-state index is 0.562. The number of allylic oxidation sites excluding steroid dienone is 7. The summed E-state index contributed by atoms with van der Waals surface area (Å²) in [7, 11) is 1.83. The average Bonchev–Trinajstić information content (AvgIpc) is 2.39. The lowest BCUT2D eigenvalue weighted by Gasteiger charge is -2.12. The second-order valence-electron chi connectivity index (χ2n) is 4.78. The van der Waals surface area contributed by atoms with Gasteiger partial charge in [-0.2, -0.15) is 0 Å². The minimum Gasteiger partial charge on any atom is -0.296 e. The van der Waals surface area contributed by atoms with Gasteiger partial charge in [0, 0.05) is 13.3 Å². The number of nitrogens with zero attached hydrogens (tertiary/aromatic N) is 1. The zero-order chi connectivity index (χ0) is 13.2. The molecule has 0 bridgehead atoms. The van der Waals surface area contributed by atoms with Gasteiger partial charge in [-0.05, 0) is 42.7 Å². The molecule has 0 aromatic carbocycles. The summed E-state index contributed by atoms with van der Waals surface area (Å²) < 4.78 is 0. The van der Waals surface area contributed by atoms with Crippen molar-refractivity contribution in [3.63, 3.8) is 0 Å². The summed E-state index contributed by atoms with van der Waals surface area (Å²) in [6.45, 7) is 6.16. The number of rotatable bonds is 7. The predicted molar refractivity (Wildman–Crippen MR) is 82.2 cm³/mol. The fourth-order valence-corrected chi connectivity index (χ4v) is 2.25. The first kappa shape index (κ1) is 14.7. The molecule has 18 heavy (non-hydrogen) atoms. The van der Waals surface area contributed by atoms with Crippen LogP contribution in [0.5, 0.6) is 0 Å². The molecule has 1 aliphatic carbocycles. The Kier molecular flexibility index (Phi) is 7.09. The van der Waals surface area contributed by atoms with Crippen LogP contribution in [0.2, 0.25) is 0 Å². The molecule has 1 heteroatoms. The zero-order valence-electron chi connectivity index (χ0n) is 11.7. The second kappa shape index (κ2) is 8.68. The first-order valence-corrected chi connectivity index (χ1v) is 6.92. The third-order valence-electron chi connectivity index (χ3n) is 3.16. The maximum Gasteiger partial charge on any atom is 0.0277 e. The molecular weight excluding hydrogens is 218 g/mol. The van der Waals surface area contributed by atoms with Crippen LogP contribution in [0.1, 0.15) is 39.0 Å². The summed E-state index contributed by atoms with van der Waals surface area (Å²) in [5.41, 5.74) is 2.61. The topological polar surface area (TPSA) is 12.4 Å². The maximum atomic E-state index is 4.17. The summed E-state index contributed by atoms with van der Waals surface area (Å²) in [5.74, 6) is 0.562. The fraction of sp³-hybridized carbons (Fsp3) is 0.471. The summed E-state index contributed by atoms with van der Waals surface area (Å²) in [4.78, 5) is 4.17. The van der Waals surface area contributed by atoms with Crippen LogP contribution in [0, 0.1) is 5.92 Å². The Bertz CT molecular complexity index is 369. The van der Waals surface area contributed by atoms with Crippen LogP contribution in [0.25, 0.3) is 0 Å². The van der Waals surface area contributed by atoms with Crippen molar-refractivity contribution < 1.29 is 0 Å². The first-order chi connectivity index (χ1) is 8.80. The zero-order valence-corrected chi connectivity index (χ0v) is 11.7. The van der Waals surface area contributed by atoms with Gasteiger partial charge in [0.1, 0.15) is 0 Å². The van der Waals surface area contributed by atoms with E-state index < -0.39 is 0 Å². The van der Waals surface area contributed by atoms with Crippen LogP contribution >= 0.6 is 0 Å². The molecule has 1 unspecified atom stereocenters. The van der Waals surface area contributed by atoms with Gasteiger partial charge >= 0.3 is 0 Å². The van der Waals surface area contributed by atoms with Crippen molar-refractivity contribution in [2.45, 2.75) is 39.0 Å². The molecule has 1 atom stereocenters. The molecule has 0 aliphatic heterocycles. The highest BCUT2D eigenvalue weighted by molar-refractivity contribution is 5.79. The molecule has 1 aliphatic rings. The summed E-state index contributed by atoms with van der Waals surface area (Å²) in [5, 5.41) is 0. The quantitative estimate of drug-likeness (QED) is 0.446. The SMILES string of the molecule is C=CC(CCC)C/C(C=NC)=C/C1=CCCC=C1. The number of aliphatic imine (C=N–C) groups is 1. The van der Waals surface area contributed by atoms with Crippen LogP contribution in [0.15, 0.2) is 53.1 Å². The van der Waals surface area contributed by atoms with E-state index in [1.807, 2.05) is 13.3 Å². The van der Waals surface area contributed by atoms with Crippen molar-refractivity contribution in [2.75, 3.05) is 7.05 Å². The Hall–Kier alpha value is -1.37. The molecule has 1 rings (SSSR count). The minimum absolute atomic E-state index is 0.562. The van der Waals surface area contributed by atoms with Crippen molar-refractivity contribution in [2.24, 2.45) is 10.9 Å². The van der Waals surface area contributed by atoms with E-state index in [9.17, 15) is 0 Å². The van der Waals surface area contributed by atoms with E-state index in [1.54, 1.807) is 0 Å². The van der Waals surface area contributed by atoms with Crippen LogP contribution in [0.3, 0.4) is 0 Å². The lowest BCUT2D eigenvalue weighted by Crippen LogP contribution is -2.00. The van der Waals surface area contributed by atoms with Crippen LogP contribution in [-0.2, 0) is 0 Å². The second-order valence-corrected chi connectivity index (χ2v) is 4.78. The van der Waals surface area contributed by atoms with E-state index in [0.717, 1.165) is 12.8 Å². The summed E-state index contributed by atoms with van der Waals surface area (Å²) in [6.07, 6.45) is 18.8.